The molecule has 0 saturated heterocycles. The van der Waals surface area contributed by atoms with Crippen molar-refractivity contribution in [3.8, 4) is 11.4 Å². The molecular formula is C23H27N5OS. The number of aromatic nitrogens is 3. The van der Waals surface area contributed by atoms with Crippen molar-refractivity contribution in [2.24, 2.45) is 0 Å². The molecule has 156 valence electrons. The molecule has 0 spiro atoms. The highest BCUT2D eigenvalue weighted by molar-refractivity contribution is 7.99. The largest absolute Gasteiger partial charge is 0.378 e. The molecule has 0 radical (unpaired) electrons. The maximum atomic E-state index is 12.4. The lowest BCUT2D eigenvalue weighted by molar-refractivity contribution is -0.113. The van der Waals surface area contributed by atoms with Gasteiger partial charge in [0.15, 0.2) is 11.0 Å². The van der Waals surface area contributed by atoms with E-state index in [1.165, 1.54) is 11.8 Å². The number of hydrogen-bond donors (Lipinski definition) is 1. The Labute approximate surface area is 182 Å². The molecule has 0 unspecified atom stereocenters. The van der Waals surface area contributed by atoms with Crippen LogP contribution in [0, 0.1) is 13.8 Å². The van der Waals surface area contributed by atoms with Gasteiger partial charge >= 0.3 is 0 Å². The van der Waals surface area contributed by atoms with E-state index in [0.717, 1.165) is 33.9 Å². The first kappa shape index (κ1) is 21.6. The normalized spacial score (nSPS) is 10.7. The number of aryl methyl sites for hydroxylation is 2. The highest BCUT2D eigenvalue weighted by Gasteiger charge is 2.15. The number of amides is 1. The summed E-state index contributed by atoms with van der Waals surface area (Å²) in [5.41, 5.74) is 5.14. The van der Waals surface area contributed by atoms with Gasteiger partial charge < -0.3 is 10.2 Å². The summed E-state index contributed by atoms with van der Waals surface area (Å²) in [5, 5.41) is 12.3. The Morgan fingerprint density at radius 1 is 1.13 bits per heavy atom. The Kier molecular flexibility index (Phi) is 6.95. The lowest BCUT2D eigenvalue weighted by atomic mass is 10.1. The number of rotatable bonds is 8. The summed E-state index contributed by atoms with van der Waals surface area (Å²) < 4.78 is 1.98. The van der Waals surface area contributed by atoms with E-state index in [-0.39, 0.29) is 11.7 Å². The highest BCUT2D eigenvalue weighted by Crippen LogP contribution is 2.26. The second-order valence-corrected chi connectivity index (χ2v) is 8.30. The van der Waals surface area contributed by atoms with Gasteiger partial charge in [-0.25, -0.2) is 0 Å². The zero-order valence-corrected chi connectivity index (χ0v) is 18.7. The van der Waals surface area contributed by atoms with Gasteiger partial charge in [-0.15, -0.1) is 16.8 Å². The number of carbonyl (C=O) groups excluding carboxylic acids is 1. The third-order valence-corrected chi connectivity index (χ3v) is 5.47. The van der Waals surface area contributed by atoms with E-state index in [0.29, 0.717) is 11.7 Å². The molecule has 1 aromatic heterocycles. The first-order chi connectivity index (χ1) is 14.4. The van der Waals surface area contributed by atoms with Gasteiger partial charge in [0, 0.05) is 37.6 Å². The van der Waals surface area contributed by atoms with Crippen LogP contribution in [0.5, 0.6) is 0 Å². The Morgan fingerprint density at radius 2 is 1.80 bits per heavy atom. The second-order valence-electron chi connectivity index (χ2n) is 7.36. The van der Waals surface area contributed by atoms with Crippen molar-refractivity contribution in [2.45, 2.75) is 25.5 Å². The van der Waals surface area contributed by atoms with E-state index in [4.69, 9.17) is 0 Å². The van der Waals surface area contributed by atoms with Crippen LogP contribution in [-0.2, 0) is 11.3 Å². The van der Waals surface area contributed by atoms with Crippen LogP contribution in [-0.4, -0.2) is 40.5 Å². The van der Waals surface area contributed by atoms with Crippen LogP contribution in [0.4, 0.5) is 11.4 Å². The summed E-state index contributed by atoms with van der Waals surface area (Å²) in [6.07, 6.45) is 1.81. The molecule has 1 heterocycles. The van der Waals surface area contributed by atoms with Crippen LogP contribution in [0.25, 0.3) is 11.4 Å². The highest BCUT2D eigenvalue weighted by atomic mass is 32.2. The summed E-state index contributed by atoms with van der Waals surface area (Å²) in [6.45, 7) is 8.44. The Bertz CT molecular complexity index is 1020. The minimum atomic E-state index is -0.0740. The number of carbonyl (C=O) groups is 1. The number of thioether (sulfide) groups is 1. The second kappa shape index (κ2) is 9.63. The van der Waals surface area contributed by atoms with Crippen LogP contribution in [0.3, 0.4) is 0 Å². The quantitative estimate of drug-likeness (QED) is 0.427. The van der Waals surface area contributed by atoms with Crippen LogP contribution in [0.15, 0.2) is 60.3 Å². The van der Waals surface area contributed by atoms with Crippen molar-refractivity contribution in [1.29, 1.82) is 0 Å². The molecule has 2 aromatic carbocycles. The summed E-state index contributed by atoms with van der Waals surface area (Å²) in [6, 6.07) is 14.2. The van der Waals surface area contributed by atoms with Crippen LogP contribution in [0.1, 0.15) is 11.1 Å². The van der Waals surface area contributed by atoms with Gasteiger partial charge in [-0.05, 0) is 61.4 Å². The standard InChI is InChI=1S/C23H27N5OS/c1-6-11-28-22(18-7-9-20(10-8-18)27(4)5)25-26-23(28)30-15-21(29)24-19-13-16(2)12-17(3)14-19/h6-10,12-14H,1,11,15H2,2-5H3,(H,24,29). The Balaban J connectivity index is 1.73. The molecular weight excluding hydrogens is 394 g/mol. The molecule has 0 aliphatic rings. The van der Waals surface area contributed by atoms with E-state index < -0.39 is 0 Å². The zero-order valence-electron chi connectivity index (χ0n) is 17.8. The third kappa shape index (κ3) is 5.30. The molecule has 1 N–H and O–H groups in total. The van der Waals surface area contributed by atoms with Crippen LogP contribution >= 0.6 is 11.8 Å². The molecule has 0 saturated carbocycles. The number of nitrogens with one attached hydrogen (secondary N) is 1. The molecule has 3 rings (SSSR count). The van der Waals surface area contributed by atoms with E-state index in [9.17, 15) is 4.79 Å². The van der Waals surface area contributed by atoms with Gasteiger partial charge in [-0.3, -0.25) is 9.36 Å². The minimum absolute atomic E-state index is 0.0740. The molecule has 30 heavy (non-hydrogen) atoms. The van der Waals surface area contributed by atoms with E-state index in [1.54, 1.807) is 6.08 Å². The van der Waals surface area contributed by atoms with Crippen molar-refractivity contribution in [2.75, 3.05) is 30.1 Å². The molecule has 0 atom stereocenters. The smallest absolute Gasteiger partial charge is 0.234 e. The van der Waals surface area contributed by atoms with Crippen molar-refractivity contribution >= 4 is 29.0 Å². The van der Waals surface area contributed by atoms with E-state index in [2.05, 4.69) is 28.2 Å². The average Bonchev–Trinajstić information content (AvgIpc) is 3.08. The number of allylic oxidation sites excluding steroid dienone is 1. The predicted octanol–water partition coefficient (Wildman–Crippen LogP) is 4.54. The summed E-state index contributed by atoms with van der Waals surface area (Å²) in [7, 11) is 4.01. The van der Waals surface area contributed by atoms with Gasteiger partial charge in [-0.2, -0.15) is 0 Å². The molecule has 0 fully saturated rings. The number of hydrogen-bond acceptors (Lipinski definition) is 5. The SMILES string of the molecule is C=CCn1c(SCC(=O)Nc2cc(C)cc(C)c2)nnc1-c1ccc(N(C)C)cc1. The van der Waals surface area contributed by atoms with Crippen molar-refractivity contribution in [3.05, 3.63) is 66.2 Å². The maximum Gasteiger partial charge on any atom is 0.234 e. The number of nitrogens with zero attached hydrogens (tertiary/aromatic N) is 4. The van der Waals surface area contributed by atoms with Gasteiger partial charge in [0.2, 0.25) is 5.91 Å². The molecule has 0 aliphatic heterocycles. The van der Waals surface area contributed by atoms with Crippen molar-refractivity contribution in [1.82, 2.24) is 14.8 Å². The summed E-state index contributed by atoms with van der Waals surface area (Å²) >= 11 is 1.37. The fraction of sp³-hybridized carbons (Fsp3) is 0.261. The van der Waals surface area contributed by atoms with E-state index in [1.807, 2.05) is 73.8 Å². The average molecular weight is 422 g/mol. The predicted molar refractivity (Wildman–Crippen MR) is 125 cm³/mol. The maximum absolute atomic E-state index is 12.4. The fourth-order valence-electron chi connectivity index (χ4n) is 3.19. The molecule has 1 amide bonds. The van der Waals surface area contributed by atoms with Crippen molar-refractivity contribution < 1.29 is 4.79 Å². The molecule has 7 heteroatoms. The van der Waals surface area contributed by atoms with Gasteiger partial charge in [0.05, 0.1) is 5.75 Å². The Morgan fingerprint density at radius 3 is 2.40 bits per heavy atom. The molecule has 0 bridgehead atoms. The van der Waals surface area contributed by atoms with Gasteiger partial charge in [0.1, 0.15) is 0 Å². The first-order valence-electron chi connectivity index (χ1n) is 9.70. The zero-order chi connectivity index (χ0) is 21.7. The van der Waals surface area contributed by atoms with Gasteiger partial charge in [0.25, 0.3) is 0 Å². The molecule has 6 nitrogen and oxygen atoms in total. The summed E-state index contributed by atoms with van der Waals surface area (Å²) in [5.74, 6) is 0.939. The summed E-state index contributed by atoms with van der Waals surface area (Å²) in [4.78, 5) is 14.5. The number of benzene rings is 2. The topological polar surface area (TPSA) is 63.1 Å². The molecule has 3 aromatic rings. The molecule has 0 aliphatic carbocycles. The number of anilines is 2. The van der Waals surface area contributed by atoms with Gasteiger partial charge in [-0.1, -0.05) is 23.9 Å². The monoisotopic (exact) mass is 421 g/mol. The first-order valence-corrected chi connectivity index (χ1v) is 10.7. The lowest BCUT2D eigenvalue weighted by Gasteiger charge is -2.13. The lowest BCUT2D eigenvalue weighted by Crippen LogP contribution is -2.15. The third-order valence-electron chi connectivity index (χ3n) is 4.51. The fourth-order valence-corrected chi connectivity index (χ4v) is 3.93. The van der Waals surface area contributed by atoms with Crippen molar-refractivity contribution in [3.63, 3.8) is 0 Å². The Hall–Kier alpha value is -3.06. The van der Waals surface area contributed by atoms with Crippen LogP contribution < -0.4 is 10.2 Å². The van der Waals surface area contributed by atoms with Crippen LogP contribution in [0.2, 0.25) is 0 Å². The van der Waals surface area contributed by atoms with E-state index >= 15 is 0 Å². The minimum Gasteiger partial charge on any atom is -0.378 e.